The molecule has 1 aromatic heterocycles. The number of nitrogens with two attached hydrogens (primary N) is 1. The third kappa shape index (κ3) is 1.76. The quantitative estimate of drug-likeness (QED) is 0.901. The van der Waals surface area contributed by atoms with Crippen LogP contribution in [0.3, 0.4) is 0 Å². The zero-order chi connectivity index (χ0) is 12.5. The van der Waals surface area contributed by atoms with Crippen molar-refractivity contribution in [2.45, 2.75) is 13.0 Å². The fourth-order valence-corrected chi connectivity index (χ4v) is 3.07. The average molecular weight is 262 g/mol. The summed E-state index contributed by atoms with van der Waals surface area (Å²) >= 11 is 1.67. The number of hydrogen-bond acceptors (Lipinski definition) is 5. The maximum absolute atomic E-state index is 5.80. The van der Waals surface area contributed by atoms with Gasteiger partial charge in [-0.25, -0.2) is 4.98 Å². The van der Waals surface area contributed by atoms with Crippen molar-refractivity contribution in [2.24, 2.45) is 5.73 Å². The lowest BCUT2D eigenvalue weighted by Gasteiger charge is -2.11. The van der Waals surface area contributed by atoms with Gasteiger partial charge < -0.3 is 15.2 Å². The molecule has 0 saturated heterocycles. The highest BCUT2D eigenvalue weighted by Gasteiger charge is 2.22. The molecule has 1 aliphatic rings. The lowest BCUT2D eigenvalue weighted by molar-refractivity contribution is 0.302. The molecule has 0 saturated carbocycles. The summed E-state index contributed by atoms with van der Waals surface area (Å²) in [5, 5.41) is 0.968. The van der Waals surface area contributed by atoms with Crippen LogP contribution in [0.5, 0.6) is 11.5 Å². The van der Waals surface area contributed by atoms with Crippen LogP contribution in [0.25, 0.3) is 11.3 Å². The van der Waals surface area contributed by atoms with E-state index in [1.807, 2.05) is 18.2 Å². The minimum Gasteiger partial charge on any atom is -0.493 e. The van der Waals surface area contributed by atoms with Crippen LogP contribution in [0.1, 0.15) is 9.88 Å². The number of ether oxygens (including phenoxy) is 2. The van der Waals surface area contributed by atoms with Gasteiger partial charge in [-0.05, 0) is 12.1 Å². The molecular weight excluding hydrogens is 248 g/mol. The maximum Gasteiger partial charge on any atom is 0.170 e. The second kappa shape index (κ2) is 4.59. The first-order valence-electron chi connectivity index (χ1n) is 5.82. The van der Waals surface area contributed by atoms with Crippen molar-refractivity contribution in [3.8, 4) is 22.8 Å². The minimum absolute atomic E-state index is 0.484. The number of methoxy groups -OCH3 is 1. The monoisotopic (exact) mass is 262 g/mol. The molecule has 0 fully saturated rings. The van der Waals surface area contributed by atoms with Crippen LogP contribution in [-0.4, -0.2) is 18.7 Å². The topological polar surface area (TPSA) is 57.4 Å². The standard InChI is InChI=1S/C13H14N2O2S/c1-16-9-4-2-3-8-12-10(5-6-17-13(8)9)18-11(7-14)15-12/h2-4H,5-7,14H2,1H3. The van der Waals surface area contributed by atoms with Crippen molar-refractivity contribution in [3.63, 3.8) is 0 Å². The van der Waals surface area contributed by atoms with Gasteiger partial charge in [-0.15, -0.1) is 11.3 Å². The van der Waals surface area contributed by atoms with Gasteiger partial charge >= 0.3 is 0 Å². The molecule has 0 radical (unpaired) electrons. The Bertz CT molecular complexity index is 580. The van der Waals surface area contributed by atoms with Gasteiger partial charge in [-0.1, -0.05) is 6.07 Å². The first kappa shape index (κ1) is 11.5. The second-order valence-electron chi connectivity index (χ2n) is 4.02. The van der Waals surface area contributed by atoms with Gasteiger partial charge in [0.25, 0.3) is 0 Å². The van der Waals surface area contributed by atoms with Gasteiger partial charge in [0.05, 0.1) is 19.4 Å². The Hall–Kier alpha value is -1.59. The number of hydrogen-bond donors (Lipinski definition) is 1. The van der Waals surface area contributed by atoms with Crippen LogP contribution >= 0.6 is 11.3 Å². The summed E-state index contributed by atoms with van der Waals surface area (Å²) in [5.41, 5.74) is 7.66. The van der Waals surface area contributed by atoms with E-state index >= 15 is 0 Å². The average Bonchev–Trinajstić information content (AvgIpc) is 2.74. The van der Waals surface area contributed by atoms with Crippen LogP contribution in [0.15, 0.2) is 18.2 Å². The number of thiazole rings is 1. The van der Waals surface area contributed by atoms with Crippen molar-refractivity contribution in [1.82, 2.24) is 4.98 Å². The van der Waals surface area contributed by atoms with Gasteiger partial charge in [0.1, 0.15) is 5.01 Å². The molecule has 2 N–H and O–H groups in total. The summed E-state index contributed by atoms with van der Waals surface area (Å²) in [7, 11) is 1.65. The van der Waals surface area contributed by atoms with Crippen LogP contribution in [-0.2, 0) is 13.0 Å². The Morgan fingerprint density at radius 2 is 2.39 bits per heavy atom. The van der Waals surface area contributed by atoms with Crippen LogP contribution in [0, 0.1) is 0 Å². The smallest absolute Gasteiger partial charge is 0.170 e. The van der Waals surface area contributed by atoms with E-state index in [4.69, 9.17) is 15.2 Å². The first-order valence-corrected chi connectivity index (χ1v) is 6.64. The molecule has 5 heteroatoms. The van der Waals surface area contributed by atoms with Gasteiger partial charge in [-0.3, -0.25) is 0 Å². The summed E-state index contributed by atoms with van der Waals surface area (Å²) in [6, 6.07) is 5.87. The van der Waals surface area contributed by atoms with Crippen molar-refractivity contribution in [3.05, 3.63) is 28.1 Å². The molecule has 3 rings (SSSR count). The van der Waals surface area contributed by atoms with Crippen molar-refractivity contribution in [1.29, 1.82) is 0 Å². The second-order valence-corrected chi connectivity index (χ2v) is 5.19. The predicted octanol–water partition coefficient (Wildman–Crippen LogP) is 2.21. The maximum atomic E-state index is 5.80. The Kier molecular flexibility index (Phi) is 2.93. The number of para-hydroxylation sites is 1. The molecule has 2 aromatic rings. The van der Waals surface area contributed by atoms with Crippen molar-refractivity contribution < 1.29 is 9.47 Å². The van der Waals surface area contributed by atoms with E-state index in [-0.39, 0.29) is 0 Å². The molecule has 18 heavy (non-hydrogen) atoms. The van der Waals surface area contributed by atoms with E-state index in [9.17, 15) is 0 Å². The molecule has 0 unspecified atom stereocenters. The highest BCUT2D eigenvalue weighted by Crippen LogP contribution is 2.42. The van der Waals surface area contributed by atoms with Gasteiger partial charge in [0.2, 0.25) is 0 Å². The third-order valence-corrected chi connectivity index (χ3v) is 4.08. The molecule has 2 heterocycles. The van der Waals surface area contributed by atoms with Crippen LogP contribution < -0.4 is 15.2 Å². The van der Waals surface area contributed by atoms with Crippen LogP contribution in [0.4, 0.5) is 0 Å². The van der Waals surface area contributed by atoms with Crippen LogP contribution in [0.2, 0.25) is 0 Å². The number of fused-ring (bicyclic) bond motifs is 3. The highest BCUT2D eigenvalue weighted by atomic mass is 32.1. The Labute approximate surface area is 109 Å². The Morgan fingerprint density at radius 3 is 3.17 bits per heavy atom. The molecular formula is C13H14N2O2S. The lowest BCUT2D eigenvalue weighted by atomic mass is 10.1. The Balaban J connectivity index is 2.20. The number of rotatable bonds is 2. The summed E-state index contributed by atoms with van der Waals surface area (Å²) in [5.74, 6) is 1.54. The zero-order valence-electron chi connectivity index (χ0n) is 10.1. The van der Waals surface area contributed by atoms with Crippen molar-refractivity contribution in [2.75, 3.05) is 13.7 Å². The molecule has 0 atom stereocenters. The largest absolute Gasteiger partial charge is 0.493 e. The summed E-state index contributed by atoms with van der Waals surface area (Å²) in [6.07, 6.45) is 0.866. The fourth-order valence-electron chi connectivity index (χ4n) is 2.13. The summed E-state index contributed by atoms with van der Waals surface area (Å²) in [4.78, 5) is 5.84. The fraction of sp³-hybridized carbons (Fsp3) is 0.308. The summed E-state index contributed by atoms with van der Waals surface area (Å²) in [6.45, 7) is 1.13. The molecule has 94 valence electrons. The van der Waals surface area contributed by atoms with E-state index < -0.39 is 0 Å². The lowest BCUT2D eigenvalue weighted by Crippen LogP contribution is -2.00. The van der Waals surface area contributed by atoms with E-state index in [0.717, 1.165) is 34.2 Å². The molecule has 0 amide bonds. The molecule has 1 aromatic carbocycles. The molecule has 0 bridgehead atoms. The van der Waals surface area contributed by atoms with Gasteiger partial charge in [0, 0.05) is 23.4 Å². The summed E-state index contributed by atoms with van der Waals surface area (Å²) < 4.78 is 11.1. The Morgan fingerprint density at radius 1 is 1.50 bits per heavy atom. The van der Waals surface area contributed by atoms with Gasteiger partial charge in [0.15, 0.2) is 11.5 Å². The van der Waals surface area contributed by atoms with E-state index in [2.05, 4.69) is 4.98 Å². The van der Waals surface area contributed by atoms with E-state index in [1.54, 1.807) is 18.4 Å². The molecule has 0 aliphatic carbocycles. The molecule has 4 nitrogen and oxygen atoms in total. The third-order valence-electron chi connectivity index (χ3n) is 2.95. The predicted molar refractivity (Wildman–Crippen MR) is 71.2 cm³/mol. The highest BCUT2D eigenvalue weighted by molar-refractivity contribution is 7.12. The molecule has 1 aliphatic heterocycles. The molecule has 0 spiro atoms. The van der Waals surface area contributed by atoms with E-state index in [1.165, 1.54) is 4.88 Å². The SMILES string of the molecule is COc1cccc2c1OCCc1sc(CN)nc1-2. The zero-order valence-corrected chi connectivity index (χ0v) is 10.9. The normalized spacial score (nSPS) is 13.2. The first-order chi connectivity index (χ1) is 8.83. The number of aromatic nitrogens is 1. The van der Waals surface area contributed by atoms with E-state index in [0.29, 0.717) is 13.2 Å². The number of benzene rings is 1. The minimum atomic E-state index is 0.484. The van der Waals surface area contributed by atoms with Gasteiger partial charge in [-0.2, -0.15) is 0 Å². The number of nitrogens with zero attached hydrogens (tertiary/aromatic N) is 1. The van der Waals surface area contributed by atoms with Crippen molar-refractivity contribution >= 4 is 11.3 Å².